The molecule has 6 N–H and O–H groups in total. The van der Waals surface area contributed by atoms with E-state index in [1.54, 1.807) is 7.11 Å². The Labute approximate surface area is 115 Å². The highest BCUT2D eigenvalue weighted by atomic mass is 35.5. The van der Waals surface area contributed by atoms with Crippen LogP contribution in [0.3, 0.4) is 0 Å². The Morgan fingerprint density at radius 2 is 1.71 bits per heavy atom. The summed E-state index contributed by atoms with van der Waals surface area (Å²) in [4.78, 5) is 0. The molecule has 0 bridgehead atoms. The fraction of sp³-hybridized carbons (Fsp3) is 0.455. The predicted molar refractivity (Wildman–Crippen MR) is 76.7 cm³/mol. The zero-order chi connectivity index (χ0) is 9.84. The summed E-state index contributed by atoms with van der Waals surface area (Å²) >= 11 is 0. The number of benzene rings is 1. The highest BCUT2D eigenvalue weighted by Gasteiger charge is 2.04. The van der Waals surface area contributed by atoms with Crippen molar-refractivity contribution in [2.24, 2.45) is 5.73 Å². The maximum Gasteiger partial charge on any atom is 0.123 e. The van der Waals surface area contributed by atoms with Crippen molar-refractivity contribution in [1.82, 2.24) is 0 Å². The molecule has 0 saturated carbocycles. The molecule has 4 nitrogen and oxygen atoms in total. The van der Waals surface area contributed by atoms with Gasteiger partial charge in [-0.05, 0) is 17.5 Å². The maximum atomic E-state index is 5.62. The van der Waals surface area contributed by atoms with Gasteiger partial charge in [0.15, 0.2) is 0 Å². The van der Waals surface area contributed by atoms with Crippen molar-refractivity contribution in [3.63, 3.8) is 0 Å². The van der Waals surface area contributed by atoms with Crippen LogP contribution in [-0.4, -0.2) is 18.1 Å². The minimum Gasteiger partial charge on any atom is -0.496 e. The largest absolute Gasteiger partial charge is 0.496 e. The minimum atomic E-state index is 0. The van der Waals surface area contributed by atoms with Gasteiger partial charge >= 0.3 is 0 Å². The molecule has 0 aliphatic carbocycles. The molecule has 104 valence electrons. The fourth-order valence-corrected chi connectivity index (χ4v) is 1.32. The third kappa shape index (κ3) is 6.71. The van der Waals surface area contributed by atoms with E-state index in [0.29, 0.717) is 12.5 Å². The zero-order valence-electron chi connectivity index (χ0n) is 10.3. The third-order valence-electron chi connectivity index (χ3n) is 2.19. The zero-order valence-corrected chi connectivity index (χ0v) is 12.0. The summed E-state index contributed by atoms with van der Waals surface area (Å²) in [5.74, 6) is 1.42. The van der Waals surface area contributed by atoms with Crippen LogP contribution in [0.2, 0.25) is 0 Å². The fourth-order valence-electron chi connectivity index (χ4n) is 1.32. The molecular formula is C11H23Cl2NO3. The van der Waals surface area contributed by atoms with Gasteiger partial charge in [0.2, 0.25) is 0 Å². The Morgan fingerprint density at radius 1 is 1.18 bits per heavy atom. The van der Waals surface area contributed by atoms with Crippen LogP contribution in [0.4, 0.5) is 0 Å². The van der Waals surface area contributed by atoms with Gasteiger partial charge in [-0.25, -0.2) is 0 Å². The van der Waals surface area contributed by atoms with Gasteiger partial charge in [0.1, 0.15) is 5.75 Å². The van der Waals surface area contributed by atoms with E-state index in [-0.39, 0.29) is 35.8 Å². The monoisotopic (exact) mass is 287 g/mol. The normalized spacial score (nSPS) is 8.06. The molecule has 0 aromatic heterocycles. The smallest absolute Gasteiger partial charge is 0.123 e. The summed E-state index contributed by atoms with van der Waals surface area (Å²) < 4.78 is 5.19. The number of rotatable bonds is 3. The Hall–Kier alpha value is -0.520. The second-order valence-corrected chi connectivity index (χ2v) is 3.43. The molecule has 0 aliphatic rings. The Kier molecular flexibility index (Phi) is 17.8. The lowest BCUT2D eigenvalue weighted by Crippen LogP contribution is -2.01. The molecule has 0 heterocycles. The molecular weight excluding hydrogens is 265 g/mol. The van der Waals surface area contributed by atoms with Gasteiger partial charge in [-0.1, -0.05) is 26.0 Å². The summed E-state index contributed by atoms with van der Waals surface area (Å²) in [6.07, 6.45) is 0. The second kappa shape index (κ2) is 12.0. The van der Waals surface area contributed by atoms with Crippen molar-refractivity contribution < 1.29 is 15.7 Å². The van der Waals surface area contributed by atoms with E-state index in [0.717, 1.165) is 11.3 Å². The lowest BCUT2D eigenvalue weighted by molar-refractivity contribution is 0.409. The molecule has 0 spiro atoms. The first kappa shape index (κ1) is 25.4. The van der Waals surface area contributed by atoms with Gasteiger partial charge in [-0.2, -0.15) is 0 Å². The van der Waals surface area contributed by atoms with Gasteiger partial charge in [-0.15, -0.1) is 24.8 Å². The summed E-state index contributed by atoms with van der Waals surface area (Å²) in [5.41, 5.74) is 8.00. The molecule has 0 unspecified atom stereocenters. The molecule has 17 heavy (non-hydrogen) atoms. The van der Waals surface area contributed by atoms with Gasteiger partial charge in [0, 0.05) is 12.1 Å². The van der Waals surface area contributed by atoms with Crippen LogP contribution in [0.5, 0.6) is 5.75 Å². The number of ether oxygens (including phenoxy) is 1. The molecule has 1 aromatic rings. The number of halogens is 2. The number of hydrogen-bond donors (Lipinski definition) is 1. The highest BCUT2D eigenvalue weighted by Crippen LogP contribution is 2.23. The number of nitrogens with two attached hydrogens (primary N) is 1. The van der Waals surface area contributed by atoms with Crippen molar-refractivity contribution >= 4 is 24.8 Å². The first-order chi connectivity index (χ1) is 6.19. The average molecular weight is 288 g/mol. The van der Waals surface area contributed by atoms with Gasteiger partial charge < -0.3 is 21.4 Å². The number of methoxy groups -OCH3 is 1. The quantitative estimate of drug-likeness (QED) is 0.911. The van der Waals surface area contributed by atoms with Crippen LogP contribution in [0.1, 0.15) is 30.9 Å². The van der Waals surface area contributed by atoms with Crippen LogP contribution < -0.4 is 10.5 Å². The SMILES string of the molecule is COc1ccc(C(C)C)cc1CN.Cl.Cl.O.O. The van der Waals surface area contributed by atoms with Crippen molar-refractivity contribution in [2.75, 3.05) is 7.11 Å². The van der Waals surface area contributed by atoms with Gasteiger partial charge in [-0.3, -0.25) is 0 Å². The molecule has 0 atom stereocenters. The summed E-state index contributed by atoms with van der Waals surface area (Å²) in [6.45, 7) is 4.87. The van der Waals surface area contributed by atoms with Crippen LogP contribution in [0.15, 0.2) is 18.2 Å². The third-order valence-corrected chi connectivity index (χ3v) is 2.19. The van der Waals surface area contributed by atoms with E-state index >= 15 is 0 Å². The van der Waals surface area contributed by atoms with E-state index in [9.17, 15) is 0 Å². The van der Waals surface area contributed by atoms with Crippen molar-refractivity contribution in [2.45, 2.75) is 26.3 Å². The molecule has 0 aliphatic heterocycles. The Morgan fingerprint density at radius 3 is 2.06 bits per heavy atom. The first-order valence-corrected chi connectivity index (χ1v) is 4.56. The molecule has 1 aromatic carbocycles. The molecule has 1 rings (SSSR count). The second-order valence-electron chi connectivity index (χ2n) is 3.43. The molecule has 0 amide bonds. The van der Waals surface area contributed by atoms with E-state index in [4.69, 9.17) is 10.5 Å². The lowest BCUT2D eigenvalue weighted by atomic mass is 10.0. The lowest BCUT2D eigenvalue weighted by Gasteiger charge is -2.11. The molecule has 0 saturated heterocycles. The van der Waals surface area contributed by atoms with Crippen molar-refractivity contribution in [3.8, 4) is 5.75 Å². The van der Waals surface area contributed by atoms with E-state index in [1.807, 2.05) is 6.07 Å². The average Bonchev–Trinajstić information content (AvgIpc) is 2.16. The van der Waals surface area contributed by atoms with Crippen molar-refractivity contribution in [3.05, 3.63) is 29.3 Å². The predicted octanol–water partition coefficient (Wildman–Crippen LogP) is 1.47. The van der Waals surface area contributed by atoms with Crippen LogP contribution in [-0.2, 0) is 6.54 Å². The van der Waals surface area contributed by atoms with Gasteiger partial charge in [0.05, 0.1) is 7.11 Å². The van der Waals surface area contributed by atoms with Crippen molar-refractivity contribution in [1.29, 1.82) is 0 Å². The topological polar surface area (TPSA) is 98.2 Å². The summed E-state index contributed by atoms with van der Waals surface area (Å²) in [5, 5.41) is 0. The molecule has 6 heteroatoms. The maximum absolute atomic E-state index is 5.62. The summed E-state index contributed by atoms with van der Waals surface area (Å²) in [6, 6.07) is 6.18. The standard InChI is InChI=1S/C11H17NO.2ClH.2H2O/c1-8(2)9-4-5-11(13-3)10(6-9)7-12;;;;/h4-6,8H,7,12H2,1-3H3;2*1H;2*1H2. The van der Waals surface area contributed by atoms with E-state index in [1.165, 1.54) is 5.56 Å². The highest BCUT2D eigenvalue weighted by molar-refractivity contribution is 5.85. The molecule has 0 fully saturated rings. The van der Waals surface area contributed by atoms with Crippen LogP contribution >= 0.6 is 24.8 Å². The molecule has 0 radical (unpaired) electrons. The number of hydrogen-bond acceptors (Lipinski definition) is 2. The Bertz CT molecular complexity index is 296. The van der Waals surface area contributed by atoms with Gasteiger partial charge in [0.25, 0.3) is 0 Å². The van der Waals surface area contributed by atoms with Crippen LogP contribution in [0, 0.1) is 0 Å². The summed E-state index contributed by atoms with van der Waals surface area (Å²) in [7, 11) is 1.67. The van der Waals surface area contributed by atoms with E-state index < -0.39 is 0 Å². The van der Waals surface area contributed by atoms with E-state index in [2.05, 4.69) is 26.0 Å². The van der Waals surface area contributed by atoms with Crippen LogP contribution in [0.25, 0.3) is 0 Å². The minimum absolute atomic E-state index is 0. The Balaban J connectivity index is -0.000000211. The first-order valence-electron chi connectivity index (χ1n) is 4.56.